The summed E-state index contributed by atoms with van der Waals surface area (Å²) >= 11 is 0. The lowest BCUT2D eigenvalue weighted by atomic mass is 10.1. The summed E-state index contributed by atoms with van der Waals surface area (Å²) in [6.45, 7) is 1.51. The predicted molar refractivity (Wildman–Crippen MR) is 79.6 cm³/mol. The van der Waals surface area contributed by atoms with Crippen molar-refractivity contribution in [3.05, 3.63) is 59.7 Å². The average molecular weight is 288 g/mol. The van der Waals surface area contributed by atoms with E-state index in [2.05, 4.69) is 0 Å². The maximum atomic E-state index is 12.3. The fourth-order valence-corrected chi connectivity index (χ4v) is 3.04. The summed E-state index contributed by atoms with van der Waals surface area (Å²) in [5.41, 5.74) is 1.38. The third-order valence-corrected chi connectivity index (χ3v) is 4.35. The second-order valence-electron chi connectivity index (χ2n) is 4.39. The van der Waals surface area contributed by atoms with E-state index in [0.717, 1.165) is 10.5 Å². The standard InChI is InChI=1S/C16H16O3S/c1-12(17)13-8-9-16(19-2)14(10-13)11-20(18)15-6-4-3-5-7-15/h3-10H,11H2,1-2H3. The molecule has 0 aliphatic rings. The molecule has 1 unspecified atom stereocenters. The van der Waals surface area contributed by atoms with Crippen LogP contribution in [0.1, 0.15) is 22.8 Å². The van der Waals surface area contributed by atoms with Crippen LogP contribution in [0.25, 0.3) is 0 Å². The van der Waals surface area contributed by atoms with Crippen molar-refractivity contribution >= 4 is 16.6 Å². The van der Waals surface area contributed by atoms with E-state index in [9.17, 15) is 9.00 Å². The Labute approximate surface area is 121 Å². The van der Waals surface area contributed by atoms with E-state index in [1.54, 1.807) is 25.3 Å². The van der Waals surface area contributed by atoms with Crippen LogP contribution < -0.4 is 4.74 Å². The van der Waals surface area contributed by atoms with Crippen molar-refractivity contribution in [1.82, 2.24) is 0 Å². The second-order valence-corrected chi connectivity index (χ2v) is 5.84. The Kier molecular flexibility index (Phi) is 4.69. The van der Waals surface area contributed by atoms with Gasteiger partial charge in [-0.25, -0.2) is 0 Å². The summed E-state index contributed by atoms with van der Waals surface area (Å²) in [7, 11) is 0.408. The number of carbonyl (C=O) groups excluding carboxylic acids is 1. The molecule has 0 saturated carbocycles. The Morgan fingerprint density at radius 1 is 1.15 bits per heavy atom. The fraction of sp³-hybridized carbons (Fsp3) is 0.188. The Balaban J connectivity index is 2.30. The first-order valence-electron chi connectivity index (χ1n) is 6.23. The number of methoxy groups -OCH3 is 1. The lowest BCUT2D eigenvalue weighted by Gasteiger charge is -2.10. The predicted octanol–water partition coefficient (Wildman–Crippen LogP) is 3.21. The number of Topliss-reactive ketones (excluding diaryl/α,β-unsaturated/α-hetero) is 1. The molecular formula is C16H16O3S. The molecule has 0 N–H and O–H groups in total. The minimum atomic E-state index is -1.16. The Morgan fingerprint density at radius 3 is 2.45 bits per heavy atom. The number of rotatable bonds is 5. The first-order chi connectivity index (χ1) is 9.61. The second kappa shape index (κ2) is 6.48. The molecule has 1 atom stereocenters. The van der Waals surface area contributed by atoms with Crippen LogP contribution >= 0.6 is 0 Å². The smallest absolute Gasteiger partial charge is 0.159 e. The van der Waals surface area contributed by atoms with Crippen LogP contribution in [0.3, 0.4) is 0 Å². The number of hydrogen-bond donors (Lipinski definition) is 0. The van der Waals surface area contributed by atoms with Gasteiger partial charge < -0.3 is 4.74 Å². The van der Waals surface area contributed by atoms with Gasteiger partial charge in [-0.1, -0.05) is 18.2 Å². The minimum Gasteiger partial charge on any atom is -0.496 e. The number of carbonyl (C=O) groups is 1. The third-order valence-electron chi connectivity index (χ3n) is 2.98. The Hall–Kier alpha value is -1.94. The van der Waals surface area contributed by atoms with Crippen molar-refractivity contribution in [2.75, 3.05) is 7.11 Å². The number of ketones is 1. The van der Waals surface area contributed by atoms with Gasteiger partial charge in [-0.15, -0.1) is 0 Å². The molecule has 0 amide bonds. The molecule has 0 saturated heterocycles. The highest BCUT2D eigenvalue weighted by molar-refractivity contribution is 7.84. The first kappa shape index (κ1) is 14.5. The van der Waals surface area contributed by atoms with Crippen LogP contribution in [-0.4, -0.2) is 17.1 Å². The Morgan fingerprint density at radius 2 is 1.85 bits per heavy atom. The normalized spacial score (nSPS) is 11.9. The van der Waals surface area contributed by atoms with Gasteiger partial charge in [0.25, 0.3) is 0 Å². The summed E-state index contributed by atoms with van der Waals surface area (Å²) in [4.78, 5) is 12.2. The summed E-state index contributed by atoms with van der Waals surface area (Å²) in [5.74, 6) is 0.965. The molecule has 3 nitrogen and oxygen atoms in total. The van der Waals surface area contributed by atoms with Gasteiger partial charge in [0.05, 0.1) is 23.7 Å². The highest BCUT2D eigenvalue weighted by atomic mass is 32.2. The number of hydrogen-bond acceptors (Lipinski definition) is 3. The molecule has 2 rings (SSSR count). The van der Waals surface area contributed by atoms with Gasteiger partial charge in [0.2, 0.25) is 0 Å². The lowest BCUT2D eigenvalue weighted by Crippen LogP contribution is -2.02. The molecule has 0 spiro atoms. The van der Waals surface area contributed by atoms with Crippen LogP contribution in [0.4, 0.5) is 0 Å². The van der Waals surface area contributed by atoms with Crippen molar-refractivity contribution < 1.29 is 13.7 Å². The van der Waals surface area contributed by atoms with Gasteiger partial charge in [0.15, 0.2) is 5.78 Å². The van der Waals surface area contributed by atoms with Crippen LogP contribution in [0, 0.1) is 0 Å². The zero-order valence-corrected chi connectivity index (χ0v) is 12.3. The molecule has 0 aliphatic carbocycles. The molecule has 2 aromatic rings. The maximum absolute atomic E-state index is 12.3. The van der Waals surface area contributed by atoms with E-state index in [4.69, 9.17) is 4.74 Å². The Bertz CT molecular complexity index is 635. The summed E-state index contributed by atoms with van der Waals surface area (Å²) in [6.07, 6.45) is 0. The molecule has 0 bridgehead atoms. The van der Waals surface area contributed by atoms with E-state index >= 15 is 0 Å². The molecule has 2 aromatic carbocycles. The third kappa shape index (κ3) is 3.33. The molecule has 0 radical (unpaired) electrons. The SMILES string of the molecule is COc1ccc(C(C)=O)cc1CS(=O)c1ccccc1. The van der Waals surface area contributed by atoms with Crippen molar-refractivity contribution in [3.8, 4) is 5.75 Å². The van der Waals surface area contributed by atoms with E-state index in [1.807, 2.05) is 30.3 Å². The average Bonchev–Trinajstić information content (AvgIpc) is 2.48. The van der Waals surface area contributed by atoms with Gasteiger partial charge >= 0.3 is 0 Å². The van der Waals surface area contributed by atoms with E-state index in [-0.39, 0.29) is 5.78 Å². The van der Waals surface area contributed by atoms with Crippen molar-refractivity contribution in [3.63, 3.8) is 0 Å². The number of benzene rings is 2. The van der Waals surface area contributed by atoms with Gasteiger partial charge in [0.1, 0.15) is 5.75 Å². The molecule has 104 valence electrons. The van der Waals surface area contributed by atoms with Crippen molar-refractivity contribution in [2.24, 2.45) is 0 Å². The quantitative estimate of drug-likeness (QED) is 0.793. The van der Waals surface area contributed by atoms with Gasteiger partial charge in [-0.2, -0.15) is 0 Å². The van der Waals surface area contributed by atoms with Crippen LogP contribution in [0.5, 0.6) is 5.75 Å². The van der Waals surface area contributed by atoms with Gasteiger partial charge in [-0.3, -0.25) is 9.00 Å². The van der Waals surface area contributed by atoms with E-state index in [0.29, 0.717) is 17.1 Å². The van der Waals surface area contributed by atoms with Gasteiger partial charge in [-0.05, 0) is 37.3 Å². The van der Waals surface area contributed by atoms with Crippen LogP contribution in [-0.2, 0) is 16.6 Å². The van der Waals surface area contributed by atoms with Gasteiger partial charge in [0, 0.05) is 16.0 Å². The van der Waals surface area contributed by atoms with Crippen LogP contribution in [0.2, 0.25) is 0 Å². The molecule has 0 heterocycles. The first-order valence-corrected chi connectivity index (χ1v) is 7.55. The molecular weight excluding hydrogens is 272 g/mol. The van der Waals surface area contributed by atoms with Crippen molar-refractivity contribution in [2.45, 2.75) is 17.6 Å². The highest BCUT2D eigenvalue weighted by Gasteiger charge is 2.11. The molecule has 0 aliphatic heterocycles. The molecule has 0 aromatic heterocycles. The van der Waals surface area contributed by atoms with Crippen LogP contribution in [0.15, 0.2) is 53.4 Å². The molecule has 4 heteroatoms. The zero-order valence-electron chi connectivity index (χ0n) is 11.5. The summed E-state index contributed by atoms with van der Waals surface area (Å²) < 4.78 is 17.6. The summed E-state index contributed by atoms with van der Waals surface area (Å²) in [6, 6.07) is 14.5. The van der Waals surface area contributed by atoms with E-state index in [1.165, 1.54) is 6.92 Å². The lowest BCUT2D eigenvalue weighted by molar-refractivity contribution is 0.101. The molecule has 20 heavy (non-hydrogen) atoms. The molecule has 0 fully saturated rings. The maximum Gasteiger partial charge on any atom is 0.159 e. The largest absolute Gasteiger partial charge is 0.496 e. The summed E-state index contributed by atoms with van der Waals surface area (Å²) in [5, 5.41) is 0. The highest BCUT2D eigenvalue weighted by Crippen LogP contribution is 2.23. The van der Waals surface area contributed by atoms with Crippen molar-refractivity contribution in [1.29, 1.82) is 0 Å². The topological polar surface area (TPSA) is 43.4 Å². The zero-order chi connectivity index (χ0) is 14.5. The fourth-order valence-electron chi connectivity index (χ4n) is 1.91. The van der Waals surface area contributed by atoms with E-state index < -0.39 is 10.8 Å². The monoisotopic (exact) mass is 288 g/mol. The minimum absolute atomic E-state index is 0.0144. The number of ether oxygens (including phenoxy) is 1.